The van der Waals surface area contributed by atoms with Crippen LogP contribution >= 0.6 is 27.5 Å². The van der Waals surface area contributed by atoms with Crippen LogP contribution in [0.1, 0.15) is 10.5 Å². The van der Waals surface area contributed by atoms with E-state index < -0.39 is 11.8 Å². The fraction of sp³-hybridized carbons (Fsp3) is 0.0909. The van der Waals surface area contributed by atoms with Gasteiger partial charge in [-0.15, -0.1) is 0 Å². The quantitative estimate of drug-likeness (QED) is 0.917. The molecule has 1 N–H and O–H groups in total. The second kappa shape index (κ2) is 4.70. The third-order valence-electron chi connectivity index (χ3n) is 2.39. The summed E-state index contributed by atoms with van der Waals surface area (Å²) >= 11 is 8.87. The van der Waals surface area contributed by atoms with Gasteiger partial charge in [0, 0.05) is 12.6 Å². The van der Waals surface area contributed by atoms with E-state index in [1.54, 1.807) is 0 Å². The van der Waals surface area contributed by atoms with Crippen LogP contribution in [0.4, 0.5) is 4.39 Å². The van der Waals surface area contributed by atoms with Gasteiger partial charge < -0.3 is 5.11 Å². The highest BCUT2D eigenvalue weighted by Crippen LogP contribution is 2.32. The summed E-state index contributed by atoms with van der Waals surface area (Å²) in [5.41, 5.74) is 0.957. The highest BCUT2D eigenvalue weighted by molar-refractivity contribution is 9.10. The molecule has 0 saturated heterocycles. The van der Waals surface area contributed by atoms with Crippen molar-refractivity contribution in [3.63, 3.8) is 0 Å². The number of carbonyl (C=O) groups is 1. The van der Waals surface area contributed by atoms with Gasteiger partial charge in [-0.1, -0.05) is 11.6 Å². The van der Waals surface area contributed by atoms with Crippen molar-refractivity contribution in [2.75, 3.05) is 0 Å². The monoisotopic (exact) mass is 332 g/mol. The molecule has 0 unspecified atom stereocenters. The molecular formula is C11H7BrClFN2O2. The van der Waals surface area contributed by atoms with Crippen molar-refractivity contribution >= 4 is 33.5 Å². The molecule has 0 amide bonds. The molecule has 94 valence electrons. The Labute approximate surface area is 115 Å². The third kappa shape index (κ3) is 2.13. The van der Waals surface area contributed by atoms with Crippen LogP contribution in [0.2, 0.25) is 5.02 Å². The summed E-state index contributed by atoms with van der Waals surface area (Å²) in [5.74, 6) is -1.64. The minimum absolute atomic E-state index is 0.0189. The smallest absolute Gasteiger partial charge is 0.355 e. The lowest BCUT2D eigenvalue weighted by Crippen LogP contribution is -2.05. The average molecular weight is 334 g/mol. The van der Waals surface area contributed by atoms with Crippen LogP contribution in [0.25, 0.3) is 11.3 Å². The molecular weight excluding hydrogens is 326 g/mol. The number of aryl methyl sites for hydroxylation is 1. The first-order valence-electron chi connectivity index (χ1n) is 4.83. The van der Waals surface area contributed by atoms with Crippen molar-refractivity contribution in [3.05, 3.63) is 39.2 Å². The lowest BCUT2D eigenvalue weighted by atomic mass is 10.1. The molecule has 0 spiro atoms. The number of benzene rings is 1. The first-order chi connectivity index (χ1) is 8.41. The second-order valence-corrected chi connectivity index (χ2v) is 4.77. The summed E-state index contributed by atoms with van der Waals surface area (Å²) in [6, 6.07) is 4.09. The molecule has 7 heteroatoms. The van der Waals surface area contributed by atoms with Crippen LogP contribution in [0.15, 0.2) is 22.7 Å². The van der Waals surface area contributed by atoms with Crippen molar-refractivity contribution in [1.82, 2.24) is 9.78 Å². The van der Waals surface area contributed by atoms with Crippen molar-refractivity contribution < 1.29 is 14.3 Å². The number of carboxylic acids is 1. The predicted octanol–water partition coefficient (Wildman–Crippen LogP) is 3.34. The van der Waals surface area contributed by atoms with Gasteiger partial charge in [0.2, 0.25) is 0 Å². The number of aromatic nitrogens is 2. The van der Waals surface area contributed by atoms with Crippen molar-refractivity contribution in [3.8, 4) is 11.3 Å². The van der Waals surface area contributed by atoms with E-state index in [-0.39, 0.29) is 10.7 Å². The zero-order valence-corrected chi connectivity index (χ0v) is 11.5. The maximum absolute atomic E-state index is 13.1. The lowest BCUT2D eigenvalue weighted by molar-refractivity contribution is 0.0684. The summed E-state index contributed by atoms with van der Waals surface area (Å²) in [4.78, 5) is 11.0. The number of rotatable bonds is 2. The van der Waals surface area contributed by atoms with Gasteiger partial charge in [-0.25, -0.2) is 9.18 Å². The van der Waals surface area contributed by atoms with Gasteiger partial charge in [0.05, 0.1) is 9.50 Å². The molecule has 1 heterocycles. The number of aromatic carboxylic acids is 1. The number of halogens is 3. The predicted molar refractivity (Wildman–Crippen MR) is 68.3 cm³/mol. The van der Waals surface area contributed by atoms with Gasteiger partial charge in [-0.3, -0.25) is 4.68 Å². The minimum Gasteiger partial charge on any atom is -0.476 e. The van der Waals surface area contributed by atoms with Gasteiger partial charge in [0.25, 0.3) is 0 Å². The molecule has 1 aromatic heterocycles. The van der Waals surface area contributed by atoms with E-state index in [0.29, 0.717) is 15.7 Å². The Morgan fingerprint density at radius 1 is 1.56 bits per heavy atom. The van der Waals surface area contributed by atoms with E-state index in [1.165, 1.54) is 29.9 Å². The lowest BCUT2D eigenvalue weighted by Gasteiger charge is -1.99. The molecule has 0 aliphatic heterocycles. The molecule has 0 aliphatic carbocycles. The molecule has 2 aromatic rings. The molecule has 0 radical (unpaired) electrons. The molecule has 0 saturated carbocycles. The Hall–Kier alpha value is -1.40. The van der Waals surface area contributed by atoms with Crippen LogP contribution < -0.4 is 0 Å². The van der Waals surface area contributed by atoms with E-state index in [4.69, 9.17) is 16.7 Å². The Kier molecular flexibility index (Phi) is 3.41. The zero-order valence-electron chi connectivity index (χ0n) is 9.12. The third-order valence-corrected chi connectivity index (χ3v) is 3.43. The number of nitrogens with zero attached hydrogens (tertiary/aromatic N) is 2. The fourth-order valence-corrected chi connectivity index (χ4v) is 2.47. The van der Waals surface area contributed by atoms with Crippen LogP contribution in [0.5, 0.6) is 0 Å². The van der Waals surface area contributed by atoms with Crippen molar-refractivity contribution in [1.29, 1.82) is 0 Å². The highest BCUT2D eigenvalue weighted by atomic mass is 79.9. The van der Waals surface area contributed by atoms with Gasteiger partial charge in [-0.2, -0.15) is 5.10 Å². The molecule has 0 aliphatic rings. The largest absolute Gasteiger partial charge is 0.476 e. The molecule has 1 aromatic carbocycles. The van der Waals surface area contributed by atoms with Gasteiger partial charge in [-0.05, 0) is 34.1 Å². The van der Waals surface area contributed by atoms with Crippen LogP contribution in [0, 0.1) is 5.82 Å². The summed E-state index contributed by atoms with van der Waals surface area (Å²) in [6.07, 6.45) is 0. The normalized spacial score (nSPS) is 10.7. The Bertz CT molecular complexity index is 642. The Morgan fingerprint density at radius 3 is 2.72 bits per heavy atom. The van der Waals surface area contributed by atoms with Gasteiger partial charge in [0.15, 0.2) is 5.69 Å². The average Bonchev–Trinajstić information content (AvgIpc) is 2.58. The summed E-state index contributed by atoms with van der Waals surface area (Å²) in [5, 5.41) is 13.1. The van der Waals surface area contributed by atoms with E-state index in [0.717, 1.165) is 0 Å². The van der Waals surface area contributed by atoms with Gasteiger partial charge >= 0.3 is 5.97 Å². The summed E-state index contributed by atoms with van der Waals surface area (Å²) < 4.78 is 14.6. The molecule has 0 bridgehead atoms. The van der Waals surface area contributed by atoms with Crippen LogP contribution in [-0.2, 0) is 7.05 Å². The highest BCUT2D eigenvalue weighted by Gasteiger charge is 2.20. The molecule has 18 heavy (non-hydrogen) atoms. The summed E-state index contributed by atoms with van der Waals surface area (Å²) in [7, 11) is 1.52. The summed E-state index contributed by atoms with van der Waals surface area (Å²) in [6.45, 7) is 0. The molecule has 4 nitrogen and oxygen atoms in total. The van der Waals surface area contributed by atoms with Crippen molar-refractivity contribution in [2.45, 2.75) is 0 Å². The number of hydrogen-bond donors (Lipinski definition) is 1. The molecule has 0 atom stereocenters. The fourth-order valence-electron chi connectivity index (χ4n) is 1.56. The Balaban J connectivity index is 2.61. The van der Waals surface area contributed by atoms with E-state index in [9.17, 15) is 9.18 Å². The van der Waals surface area contributed by atoms with E-state index in [1.807, 2.05) is 0 Å². The van der Waals surface area contributed by atoms with Crippen LogP contribution in [-0.4, -0.2) is 20.9 Å². The van der Waals surface area contributed by atoms with E-state index in [2.05, 4.69) is 21.0 Å². The molecule has 0 fully saturated rings. The standard InChI is InChI=1S/C11H7BrClFN2O2/c1-16-10(11(17)18)8(12)9(15-16)5-2-3-7(14)6(13)4-5/h2-4H,1H3,(H,17,18). The second-order valence-electron chi connectivity index (χ2n) is 3.57. The number of carboxylic acid groups (broad SMARTS) is 1. The maximum Gasteiger partial charge on any atom is 0.355 e. The van der Waals surface area contributed by atoms with Gasteiger partial charge in [0.1, 0.15) is 11.5 Å². The SMILES string of the molecule is Cn1nc(-c2ccc(F)c(Cl)c2)c(Br)c1C(=O)O. The number of hydrogen-bond acceptors (Lipinski definition) is 2. The first-order valence-corrected chi connectivity index (χ1v) is 6.00. The Morgan fingerprint density at radius 2 is 2.22 bits per heavy atom. The van der Waals surface area contributed by atoms with Crippen LogP contribution in [0.3, 0.4) is 0 Å². The topological polar surface area (TPSA) is 55.1 Å². The molecule has 2 rings (SSSR count). The van der Waals surface area contributed by atoms with Crippen molar-refractivity contribution in [2.24, 2.45) is 7.05 Å². The zero-order chi connectivity index (χ0) is 13.4. The maximum atomic E-state index is 13.1. The first kappa shape index (κ1) is 13.0. The minimum atomic E-state index is -1.10. The van der Waals surface area contributed by atoms with E-state index >= 15 is 0 Å².